The van der Waals surface area contributed by atoms with Crippen LogP contribution in [0.5, 0.6) is 5.75 Å². The molecule has 0 aliphatic carbocycles. The monoisotopic (exact) mass is 694 g/mol. The summed E-state index contributed by atoms with van der Waals surface area (Å²) >= 11 is 12.9. The zero-order valence-electron chi connectivity index (χ0n) is 27.1. The minimum atomic E-state index is -0.313. The Morgan fingerprint density at radius 1 is 1.02 bits per heavy atom. The molecule has 1 unspecified atom stereocenters. The molecule has 254 valence electrons. The number of piperazine rings is 1. The van der Waals surface area contributed by atoms with E-state index < -0.39 is 0 Å². The number of amides is 2. The van der Waals surface area contributed by atoms with E-state index in [9.17, 15) is 9.59 Å². The van der Waals surface area contributed by atoms with Gasteiger partial charge in [0.05, 0.1) is 46.9 Å². The van der Waals surface area contributed by atoms with Crippen molar-refractivity contribution in [1.82, 2.24) is 19.8 Å². The third kappa shape index (κ3) is 7.31. The van der Waals surface area contributed by atoms with Gasteiger partial charge in [-0.3, -0.25) is 19.3 Å². The molecule has 3 aliphatic heterocycles. The number of aromatic nitrogens is 2. The second kappa shape index (κ2) is 15.0. The first kappa shape index (κ1) is 33.8. The number of nitrogens with one attached hydrogen (secondary N) is 2. The summed E-state index contributed by atoms with van der Waals surface area (Å²) in [7, 11) is 1.61. The highest BCUT2D eigenvalue weighted by Gasteiger charge is 2.32. The molecule has 3 aromatic rings. The normalized spacial score (nSPS) is 18.9. The maximum absolute atomic E-state index is 12.6. The Labute approximate surface area is 290 Å². The van der Waals surface area contributed by atoms with Gasteiger partial charge in [0.25, 0.3) is 0 Å². The lowest BCUT2D eigenvalue weighted by molar-refractivity contribution is -0.131. The van der Waals surface area contributed by atoms with Crippen LogP contribution in [0.1, 0.15) is 37.8 Å². The predicted octanol–water partition coefficient (Wildman–Crippen LogP) is 5.68. The van der Waals surface area contributed by atoms with Crippen molar-refractivity contribution in [3.05, 3.63) is 71.0 Å². The van der Waals surface area contributed by atoms with Gasteiger partial charge in [0.1, 0.15) is 17.9 Å². The van der Waals surface area contributed by atoms with E-state index in [-0.39, 0.29) is 17.9 Å². The van der Waals surface area contributed by atoms with Gasteiger partial charge in [-0.1, -0.05) is 41.9 Å². The quantitative estimate of drug-likeness (QED) is 0.271. The number of methoxy groups -OCH3 is 1. The zero-order valence-corrected chi connectivity index (χ0v) is 28.6. The second-order valence-electron chi connectivity index (χ2n) is 12.0. The van der Waals surface area contributed by atoms with Crippen molar-refractivity contribution in [2.45, 2.75) is 38.3 Å². The first-order valence-corrected chi connectivity index (χ1v) is 16.9. The molecular weight excluding hydrogens is 655 g/mol. The molecule has 1 atom stereocenters. The average molecular weight is 696 g/mol. The topological polar surface area (TPSA) is 115 Å². The van der Waals surface area contributed by atoms with Crippen LogP contribution in [-0.4, -0.2) is 90.6 Å². The number of carbonyl (C=O) groups excluding carboxylic acids is 2. The van der Waals surface area contributed by atoms with Crippen molar-refractivity contribution in [3.8, 4) is 5.75 Å². The van der Waals surface area contributed by atoms with Gasteiger partial charge in [0, 0.05) is 70.8 Å². The number of benzene rings is 2. The van der Waals surface area contributed by atoms with E-state index in [4.69, 9.17) is 32.8 Å². The Morgan fingerprint density at radius 2 is 1.79 bits per heavy atom. The van der Waals surface area contributed by atoms with Crippen LogP contribution < -0.4 is 25.3 Å². The standard InChI is InChI=1S/C34H40Cl2N8O4/c1-4-33(46)40-26-18-27(30(47-3)19-29(26)43-11-8-23(9-12-43)42-15-13-41(14-16-42)22(2)45)39-31-20-32(38-21-37-31)44-28(10-17-48-44)24-6-5-7-25(35)34(24)36/h4-7,18-21,23,28H,1,8-17H2,2-3H3,(H,40,46)(H,37,38,39). The largest absolute Gasteiger partial charge is 0.494 e. The minimum Gasteiger partial charge on any atom is -0.494 e. The van der Waals surface area contributed by atoms with E-state index in [0.717, 1.165) is 63.4 Å². The Balaban J connectivity index is 1.21. The SMILES string of the molecule is C=CC(=O)Nc1cc(Nc2cc(N3OCCC3c3cccc(Cl)c3Cl)ncn2)c(OC)cc1N1CCC(N2CCN(C(C)=O)CC2)CC1. The van der Waals surface area contributed by atoms with Crippen LogP contribution >= 0.6 is 23.2 Å². The predicted molar refractivity (Wildman–Crippen MR) is 188 cm³/mol. The molecule has 2 amide bonds. The fraction of sp³-hybridized carbons (Fsp3) is 0.412. The number of hydroxylamine groups is 1. The van der Waals surface area contributed by atoms with Crippen molar-refractivity contribution in [2.24, 2.45) is 0 Å². The Morgan fingerprint density at radius 3 is 2.50 bits per heavy atom. The second-order valence-corrected chi connectivity index (χ2v) is 12.8. The minimum absolute atomic E-state index is 0.138. The molecule has 14 heteroatoms. The lowest BCUT2D eigenvalue weighted by Crippen LogP contribution is -2.54. The molecule has 4 heterocycles. The fourth-order valence-electron chi connectivity index (χ4n) is 6.68. The van der Waals surface area contributed by atoms with E-state index in [2.05, 4.69) is 37.0 Å². The van der Waals surface area contributed by atoms with Gasteiger partial charge in [-0.2, -0.15) is 0 Å². The summed E-state index contributed by atoms with van der Waals surface area (Å²) < 4.78 is 5.84. The molecule has 12 nitrogen and oxygen atoms in total. The average Bonchev–Trinajstić information content (AvgIpc) is 3.60. The molecule has 2 N–H and O–H groups in total. The molecule has 3 fully saturated rings. The Hall–Kier alpha value is -4.10. The molecule has 3 aliphatic rings. The van der Waals surface area contributed by atoms with Gasteiger partial charge in [0.15, 0.2) is 5.82 Å². The van der Waals surface area contributed by atoms with Gasteiger partial charge in [-0.15, -0.1) is 0 Å². The summed E-state index contributed by atoms with van der Waals surface area (Å²) in [5.41, 5.74) is 2.96. The van der Waals surface area contributed by atoms with Crippen LogP contribution in [0.4, 0.5) is 28.7 Å². The number of nitrogens with zero attached hydrogens (tertiary/aromatic N) is 6. The lowest BCUT2D eigenvalue weighted by atomic mass is 10.0. The van der Waals surface area contributed by atoms with Crippen molar-refractivity contribution in [2.75, 3.05) is 73.6 Å². The molecule has 1 aromatic heterocycles. The van der Waals surface area contributed by atoms with Gasteiger partial charge in [-0.05, 0) is 36.6 Å². The number of halogens is 2. The molecular formula is C34H40Cl2N8O4. The number of carbonyl (C=O) groups is 2. The number of rotatable bonds is 9. The summed E-state index contributed by atoms with van der Waals surface area (Å²) in [5, 5.41) is 9.04. The van der Waals surface area contributed by atoms with Gasteiger partial charge in [-0.25, -0.2) is 15.0 Å². The molecule has 0 spiro atoms. The van der Waals surface area contributed by atoms with E-state index in [1.54, 1.807) is 31.2 Å². The lowest BCUT2D eigenvalue weighted by Gasteiger charge is -2.43. The Kier molecular flexibility index (Phi) is 10.5. The maximum atomic E-state index is 12.6. The highest BCUT2D eigenvalue weighted by molar-refractivity contribution is 6.42. The van der Waals surface area contributed by atoms with Crippen molar-refractivity contribution < 1.29 is 19.2 Å². The van der Waals surface area contributed by atoms with E-state index in [1.807, 2.05) is 29.2 Å². The van der Waals surface area contributed by atoms with E-state index >= 15 is 0 Å². The molecule has 0 bridgehead atoms. The molecule has 0 radical (unpaired) electrons. The molecule has 3 saturated heterocycles. The van der Waals surface area contributed by atoms with Crippen molar-refractivity contribution in [3.63, 3.8) is 0 Å². The smallest absolute Gasteiger partial charge is 0.247 e. The summed E-state index contributed by atoms with van der Waals surface area (Å²) in [5.74, 6) is 1.47. The first-order chi connectivity index (χ1) is 23.2. The highest BCUT2D eigenvalue weighted by Crippen LogP contribution is 2.42. The number of piperidine rings is 1. The highest BCUT2D eigenvalue weighted by atomic mass is 35.5. The summed E-state index contributed by atoms with van der Waals surface area (Å²) in [4.78, 5) is 45.9. The van der Waals surface area contributed by atoms with Gasteiger partial charge in [0.2, 0.25) is 11.8 Å². The van der Waals surface area contributed by atoms with Crippen LogP contribution in [0.2, 0.25) is 10.0 Å². The van der Waals surface area contributed by atoms with Crippen LogP contribution in [0.15, 0.2) is 55.4 Å². The van der Waals surface area contributed by atoms with Crippen LogP contribution in [-0.2, 0) is 14.4 Å². The fourth-order valence-corrected chi connectivity index (χ4v) is 7.12. The van der Waals surface area contributed by atoms with Crippen molar-refractivity contribution in [1.29, 1.82) is 0 Å². The van der Waals surface area contributed by atoms with Crippen molar-refractivity contribution >= 4 is 63.7 Å². The van der Waals surface area contributed by atoms with Crippen LogP contribution in [0.3, 0.4) is 0 Å². The molecule has 0 saturated carbocycles. The van der Waals surface area contributed by atoms with Crippen LogP contribution in [0, 0.1) is 0 Å². The maximum Gasteiger partial charge on any atom is 0.247 e. The summed E-state index contributed by atoms with van der Waals surface area (Å²) in [6.07, 6.45) is 5.37. The third-order valence-electron chi connectivity index (χ3n) is 9.23. The summed E-state index contributed by atoms with van der Waals surface area (Å²) in [6, 6.07) is 11.4. The number of hydrogen-bond donors (Lipinski definition) is 2. The van der Waals surface area contributed by atoms with E-state index in [1.165, 1.54) is 12.4 Å². The molecule has 48 heavy (non-hydrogen) atoms. The Bertz CT molecular complexity index is 1660. The van der Waals surface area contributed by atoms with Crippen LogP contribution in [0.25, 0.3) is 0 Å². The number of anilines is 5. The zero-order chi connectivity index (χ0) is 33.8. The first-order valence-electron chi connectivity index (χ1n) is 16.1. The molecule has 2 aromatic carbocycles. The summed E-state index contributed by atoms with van der Waals surface area (Å²) in [6.45, 7) is 10.7. The molecule has 6 rings (SSSR count). The van der Waals surface area contributed by atoms with Gasteiger partial charge < -0.3 is 25.2 Å². The third-order valence-corrected chi connectivity index (χ3v) is 10.1. The van der Waals surface area contributed by atoms with E-state index in [0.29, 0.717) is 57.9 Å². The number of ether oxygens (including phenoxy) is 1. The number of hydrogen-bond acceptors (Lipinski definition) is 10. The van der Waals surface area contributed by atoms with Gasteiger partial charge >= 0.3 is 0 Å².